The Morgan fingerprint density at radius 1 is 1.13 bits per heavy atom. The number of halogens is 3. The van der Waals surface area contributed by atoms with Gasteiger partial charge in [-0.15, -0.1) is 0 Å². The van der Waals surface area contributed by atoms with Gasteiger partial charge < -0.3 is 14.8 Å². The van der Waals surface area contributed by atoms with Gasteiger partial charge in [-0.2, -0.15) is 18.3 Å². The second-order valence-corrected chi connectivity index (χ2v) is 9.15. The number of nitrogens with one attached hydrogen (secondary N) is 1. The highest BCUT2D eigenvalue weighted by Gasteiger charge is 2.32. The van der Waals surface area contributed by atoms with E-state index in [1.54, 1.807) is 43.0 Å². The molecule has 0 spiro atoms. The molecule has 0 atom stereocenters. The molecule has 3 aromatic rings. The fraction of sp³-hybridized carbons (Fsp3) is 0.407. The van der Waals surface area contributed by atoms with Crippen molar-refractivity contribution in [2.75, 3.05) is 38.2 Å². The van der Waals surface area contributed by atoms with Gasteiger partial charge in [0.2, 0.25) is 0 Å². The van der Waals surface area contributed by atoms with Crippen LogP contribution < -0.4 is 10.1 Å². The van der Waals surface area contributed by atoms with Crippen molar-refractivity contribution < 1.29 is 32.2 Å². The lowest BCUT2D eigenvalue weighted by atomic mass is 9.97. The summed E-state index contributed by atoms with van der Waals surface area (Å²) in [6.07, 6.45) is -0.537. The van der Waals surface area contributed by atoms with Crippen molar-refractivity contribution in [3.05, 3.63) is 60.0 Å². The summed E-state index contributed by atoms with van der Waals surface area (Å²) in [5.74, 6) is -0.183. The average molecular weight is 546 g/mol. The molecule has 12 heteroatoms. The molecule has 3 heterocycles. The number of rotatable bonds is 9. The molecule has 1 fully saturated rings. The number of hydrogen-bond donors (Lipinski definition) is 1. The Kier molecular flexibility index (Phi) is 8.85. The first-order valence-electron chi connectivity index (χ1n) is 12.6. The minimum absolute atomic E-state index is 0.00265. The second kappa shape index (κ2) is 12.3. The van der Waals surface area contributed by atoms with Gasteiger partial charge in [-0.25, -0.2) is 0 Å². The van der Waals surface area contributed by atoms with Gasteiger partial charge in [0.25, 0.3) is 5.91 Å². The molecule has 9 nitrogen and oxygen atoms in total. The van der Waals surface area contributed by atoms with Gasteiger partial charge in [-0.05, 0) is 69.3 Å². The summed E-state index contributed by atoms with van der Waals surface area (Å²) in [4.78, 5) is 30.2. The van der Waals surface area contributed by atoms with E-state index in [1.807, 2.05) is 6.07 Å². The number of hydrogen-bond acceptors (Lipinski definition) is 7. The average Bonchev–Trinajstić information content (AvgIpc) is 3.35. The first-order valence-corrected chi connectivity index (χ1v) is 12.6. The van der Waals surface area contributed by atoms with Crippen LogP contribution in [0, 0.1) is 5.92 Å². The number of amides is 1. The van der Waals surface area contributed by atoms with Gasteiger partial charge in [-0.1, -0.05) is 0 Å². The zero-order valence-electron chi connectivity index (χ0n) is 21.7. The van der Waals surface area contributed by atoms with Gasteiger partial charge in [0, 0.05) is 37.2 Å². The zero-order chi connectivity index (χ0) is 28.0. The van der Waals surface area contributed by atoms with E-state index in [4.69, 9.17) is 9.47 Å². The van der Waals surface area contributed by atoms with E-state index in [0.717, 1.165) is 50.0 Å². The first-order chi connectivity index (χ1) is 18.7. The van der Waals surface area contributed by atoms with Crippen molar-refractivity contribution in [2.45, 2.75) is 25.9 Å². The Morgan fingerprint density at radius 3 is 2.51 bits per heavy atom. The summed E-state index contributed by atoms with van der Waals surface area (Å²) in [5.41, 5.74) is 0.816. The van der Waals surface area contributed by atoms with Crippen LogP contribution in [-0.2, 0) is 22.8 Å². The van der Waals surface area contributed by atoms with Gasteiger partial charge in [0.05, 0.1) is 23.8 Å². The van der Waals surface area contributed by atoms with Gasteiger partial charge in [0.15, 0.2) is 0 Å². The predicted octanol–water partition coefficient (Wildman–Crippen LogP) is 4.41. The number of esters is 1. The molecule has 39 heavy (non-hydrogen) atoms. The molecule has 4 rings (SSSR count). The summed E-state index contributed by atoms with van der Waals surface area (Å²) in [6.45, 7) is 4.86. The number of nitrogens with zero attached hydrogens (tertiary/aromatic N) is 4. The molecule has 0 unspecified atom stereocenters. The van der Waals surface area contributed by atoms with Crippen molar-refractivity contribution in [3.63, 3.8) is 0 Å². The number of carbonyl (C=O) groups is 2. The van der Waals surface area contributed by atoms with E-state index in [9.17, 15) is 22.8 Å². The first kappa shape index (κ1) is 28.1. The number of piperidine rings is 1. The van der Waals surface area contributed by atoms with E-state index >= 15 is 0 Å². The van der Waals surface area contributed by atoms with Gasteiger partial charge >= 0.3 is 12.1 Å². The lowest BCUT2D eigenvalue weighted by Gasteiger charge is -2.30. The molecule has 0 bridgehead atoms. The Bertz CT molecular complexity index is 1290. The molecular weight excluding hydrogens is 515 g/mol. The number of carbonyl (C=O) groups excluding carboxylic acids is 2. The molecule has 0 radical (unpaired) electrons. The molecule has 1 aliphatic heterocycles. The number of alkyl halides is 3. The lowest BCUT2D eigenvalue weighted by Crippen LogP contribution is -2.39. The molecule has 1 saturated heterocycles. The largest absolute Gasteiger partial charge is 0.492 e. The van der Waals surface area contributed by atoms with E-state index in [1.165, 1.54) is 0 Å². The fourth-order valence-electron chi connectivity index (χ4n) is 4.41. The smallest absolute Gasteiger partial charge is 0.433 e. The summed E-state index contributed by atoms with van der Waals surface area (Å²) < 4.78 is 51.3. The van der Waals surface area contributed by atoms with Crippen molar-refractivity contribution >= 4 is 17.6 Å². The Morgan fingerprint density at radius 2 is 1.90 bits per heavy atom. The van der Waals surface area contributed by atoms with E-state index in [0.29, 0.717) is 36.8 Å². The standard InChI is InChI=1S/C27H30F3N5O4/c1-3-38-26(37)18-9-12-35(13-10-18)14-15-39-23-6-5-20(16-21(23)22-8-11-32-34(22)2)33-25(36)19-4-7-24(31-17-19)27(28,29)30/h4-8,11,16-18H,3,9-10,12-15H2,1-2H3,(H,33,36). The zero-order valence-corrected chi connectivity index (χ0v) is 21.7. The van der Waals surface area contributed by atoms with Crippen LogP contribution in [0.3, 0.4) is 0 Å². The molecule has 1 aromatic carbocycles. The maximum absolute atomic E-state index is 12.8. The summed E-state index contributed by atoms with van der Waals surface area (Å²) >= 11 is 0. The van der Waals surface area contributed by atoms with Crippen LogP contribution in [-0.4, -0.2) is 64.4 Å². The summed E-state index contributed by atoms with van der Waals surface area (Å²) in [7, 11) is 1.78. The second-order valence-electron chi connectivity index (χ2n) is 9.15. The Balaban J connectivity index is 1.41. The molecule has 208 valence electrons. The Hall–Kier alpha value is -3.93. The minimum Gasteiger partial charge on any atom is -0.492 e. The molecule has 0 aliphatic carbocycles. The van der Waals surface area contributed by atoms with E-state index < -0.39 is 17.8 Å². The lowest BCUT2D eigenvalue weighted by molar-refractivity contribution is -0.149. The highest BCUT2D eigenvalue weighted by Crippen LogP contribution is 2.33. The van der Waals surface area contributed by atoms with Crippen LogP contribution in [0.1, 0.15) is 35.8 Å². The number of pyridine rings is 1. The monoisotopic (exact) mass is 545 g/mol. The third-order valence-corrected chi connectivity index (χ3v) is 6.52. The van der Waals surface area contributed by atoms with E-state index in [-0.39, 0.29) is 17.5 Å². The van der Waals surface area contributed by atoms with Crippen LogP contribution in [0.4, 0.5) is 18.9 Å². The van der Waals surface area contributed by atoms with Gasteiger partial charge in [0.1, 0.15) is 18.1 Å². The quantitative estimate of drug-likeness (QED) is 0.398. The van der Waals surface area contributed by atoms with Gasteiger partial charge in [-0.3, -0.25) is 24.2 Å². The normalized spacial score (nSPS) is 14.7. The predicted molar refractivity (Wildman–Crippen MR) is 137 cm³/mol. The summed E-state index contributed by atoms with van der Waals surface area (Å²) in [6, 6.07) is 8.79. The maximum Gasteiger partial charge on any atom is 0.433 e. The van der Waals surface area contributed by atoms with Crippen LogP contribution in [0.25, 0.3) is 11.3 Å². The van der Waals surface area contributed by atoms with Crippen molar-refractivity contribution in [1.29, 1.82) is 0 Å². The molecular formula is C27H30F3N5O4. The molecule has 1 N–H and O–H groups in total. The third-order valence-electron chi connectivity index (χ3n) is 6.52. The van der Waals surface area contributed by atoms with Crippen LogP contribution in [0.15, 0.2) is 48.8 Å². The van der Waals surface area contributed by atoms with Crippen LogP contribution in [0.5, 0.6) is 5.75 Å². The van der Waals surface area contributed by atoms with Crippen LogP contribution >= 0.6 is 0 Å². The number of anilines is 1. The topological polar surface area (TPSA) is 98.6 Å². The highest BCUT2D eigenvalue weighted by atomic mass is 19.4. The summed E-state index contributed by atoms with van der Waals surface area (Å²) in [5, 5.41) is 6.92. The van der Waals surface area contributed by atoms with Crippen molar-refractivity contribution in [1.82, 2.24) is 19.7 Å². The third kappa shape index (κ3) is 7.14. The Labute approximate surface area is 223 Å². The SMILES string of the molecule is CCOC(=O)C1CCN(CCOc2ccc(NC(=O)c3ccc(C(F)(F)F)nc3)cc2-c2ccnn2C)CC1. The maximum atomic E-state index is 12.8. The van der Waals surface area contributed by atoms with Crippen molar-refractivity contribution in [3.8, 4) is 17.0 Å². The number of aromatic nitrogens is 3. The fourth-order valence-corrected chi connectivity index (χ4v) is 4.41. The van der Waals surface area contributed by atoms with E-state index in [2.05, 4.69) is 20.3 Å². The van der Waals surface area contributed by atoms with Crippen LogP contribution in [0.2, 0.25) is 0 Å². The number of benzene rings is 1. The number of aryl methyl sites for hydroxylation is 1. The molecule has 1 amide bonds. The number of ether oxygens (including phenoxy) is 2. The molecule has 1 aliphatic rings. The van der Waals surface area contributed by atoms with Crippen molar-refractivity contribution in [2.24, 2.45) is 13.0 Å². The highest BCUT2D eigenvalue weighted by molar-refractivity contribution is 6.04. The molecule has 2 aromatic heterocycles. The number of likely N-dealkylation sites (tertiary alicyclic amines) is 1. The minimum atomic E-state index is -4.58. The molecule has 0 saturated carbocycles.